The Bertz CT molecular complexity index is 448. The molecule has 1 aromatic heterocycles. The summed E-state index contributed by atoms with van der Waals surface area (Å²) in [5, 5.41) is 4.38. The maximum Gasteiger partial charge on any atom is 0.171 e. The number of halogens is 1. The van der Waals surface area contributed by atoms with Crippen LogP contribution in [0.3, 0.4) is 0 Å². The molecule has 0 aliphatic carbocycles. The average molecular weight is 209 g/mol. The van der Waals surface area contributed by atoms with E-state index in [0.29, 0.717) is 16.6 Å². The smallest absolute Gasteiger partial charge is 0.171 e. The minimum atomic E-state index is 0.426. The first kappa shape index (κ1) is 9.09. The molecule has 0 saturated carbocycles. The van der Waals surface area contributed by atoms with Crippen LogP contribution in [0.25, 0.3) is 11.3 Å². The van der Waals surface area contributed by atoms with E-state index in [4.69, 9.17) is 21.9 Å². The van der Waals surface area contributed by atoms with Crippen molar-refractivity contribution in [2.24, 2.45) is 0 Å². The molecule has 0 fully saturated rings. The Morgan fingerprint density at radius 1 is 1.29 bits per heavy atom. The highest BCUT2D eigenvalue weighted by molar-refractivity contribution is 6.30. The first-order valence-electron chi connectivity index (χ1n) is 4.16. The third-order valence-electron chi connectivity index (χ3n) is 2.07. The molecule has 0 spiro atoms. The zero-order valence-corrected chi connectivity index (χ0v) is 8.38. The second-order valence-electron chi connectivity index (χ2n) is 3.03. The van der Waals surface area contributed by atoms with Crippen LogP contribution in [-0.4, -0.2) is 5.16 Å². The van der Waals surface area contributed by atoms with Crippen molar-refractivity contribution in [2.75, 3.05) is 5.73 Å². The van der Waals surface area contributed by atoms with E-state index >= 15 is 0 Å². The van der Waals surface area contributed by atoms with Crippen molar-refractivity contribution in [1.82, 2.24) is 5.16 Å². The maximum atomic E-state index is 5.77. The summed E-state index contributed by atoms with van der Waals surface area (Å²) >= 11 is 5.77. The number of nitrogens with zero attached hydrogens (tertiary/aromatic N) is 1. The van der Waals surface area contributed by atoms with Gasteiger partial charge in [-0.3, -0.25) is 0 Å². The van der Waals surface area contributed by atoms with Gasteiger partial charge in [0.15, 0.2) is 11.6 Å². The Kier molecular flexibility index (Phi) is 2.17. The summed E-state index contributed by atoms with van der Waals surface area (Å²) in [6.07, 6.45) is 0. The van der Waals surface area contributed by atoms with Gasteiger partial charge < -0.3 is 10.3 Å². The van der Waals surface area contributed by atoms with Crippen molar-refractivity contribution in [3.63, 3.8) is 0 Å². The van der Waals surface area contributed by atoms with Crippen LogP contribution in [0.4, 0.5) is 5.82 Å². The molecule has 2 aromatic rings. The summed E-state index contributed by atoms with van der Waals surface area (Å²) in [6.45, 7) is 1.87. The molecule has 0 radical (unpaired) electrons. The van der Waals surface area contributed by atoms with E-state index in [1.165, 1.54) is 0 Å². The molecule has 0 amide bonds. The predicted octanol–water partition coefficient (Wildman–Crippen LogP) is 2.89. The highest BCUT2D eigenvalue weighted by Gasteiger charge is 2.10. The summed E-state index contributed by atoms with van der Waals surface area (Å²) < 4.78 is 5.10. The van der Waals surface area contributed by atoms with E-state index in [1.54, 1.807) is 12.1 Å². The number of benzene rings is 1. The molecule has 0 unspecified atom stereocenters. The molecule has 72 valence electrons. The van der Waals surface area contributed by atoms with Crippen molar-refractivity contribution in [2.45, 2.75) is 6.92 Å². The second kappa shape index (κ2) is 3.35. The molecule has 1 aromatic carbocycles. The third kappa shape index (κ3) is 1.46. The number of hydrogen-bond acceptors (Lipinski definition) is 3. The van der Waals surface area contributed by atoms with Crippen LogP contribution in [0, 0.1) is 6.92 Å². The molecular weight excluding hydrogens is 200 g/mol. The van der Waals surface area contributed by atoms with E-state index in [0.717, 1.165) is 11.1 Å². The minimum Gasteiger partial charge on any atom is -0.381 e. The van der Waals surface area contributed by atoms with Gasteiger partial charge in [0.25, 0.3) is 0 Å². The number of nitrogens with two attached hydrogens (primary N) is 1. The molecule has 1 heterocycles. The zero-order chi connectivity index (χ0) is 10.1. The normalized spacial score (nSPS) is 10.4. The predicted molar refractivity (Wildman–Crippen MR) is 56.1 cm³/mol. The number of anilines is 1. The van der Waals surface area contributed by atoms with Gasteiger partial charge in [0, 0.05) is 16.1 Å². The summed E-state index contributed by atoms with van der Waals surface area (Å²) in [4.78, 5) is 0. The lowest BCUT2D eigenvalue weighted by Crippen LogP contribution is -1.86. The van der Waals surface area contributed by atoms with Gasteiger partial charge in [-0.1, -0.05) is 16.8 Å². The van der Waals surface area contributed by atoms with Crippen LogP contribution in [-0.2, 0) is 0 Å². The first-order chi connectivity index (χ1) is 6.68. The van der Waals surface area contributed by atoms with E-state index in [9.17, 15) is 0 Å². The topological polar surface area (TPSA) is 52.0 Å². The monoisotopic (exact) mass is 208 g/mol. The van der Waals surface area contributed by atoms with Gasteiger partial charge in [-0.05, 0) is 31.2 Å². The zero-order valence-electron chi connectivity index (χ0n) is 7.62. The van der Waals surface area contributed by atoms with Crippen LogP contribution < -0.4 is 5.73 Å². The number of hydrogen-bond donors (Lipinski definition) is 1. The SMILES string of the molecule is Cc1c(N)noc1-c1ccc(Cl)cc1. The van der Waals surface area contributed by atoms with Crippen molar-refractivity contribution in [1.29, 1.82) is 0 Å². The van der Waals surface area contributed by atoms with Gasteiger partial charge in [0.05, 0.1) is 0 Å². The van der Waals surface area contributed by atoms with Gasteiger partial charge in [0.1, 0.15) is 0 Å². The van der Waals surface area contributed by atoms with Crippen molar-refractivity contribution < 1.29 is 4.52 Å². The largest absolute Gasteiger partial charge is 0.381 e. The Hall–Kier alpha value is -1.48. The van der Waals surface area contributed by atoms with E-state index < -0.39 is 0 Å². The Labute approximate surface area is 86.5 Å². The van der Waals surface area contributed by atoms with Crippen molar-refractivity contribution in [3.05, 3.63) is 34.9 Å². The molecule has 0 saturated heterocycles. The van der Waals surface area contributed by atoms with Crippen LogP contribution in [0.1, 0.15) is 5.56 Å². The van der Waals surface area contributed by atoms with E-state index in [-0.39, 0.29) is 0 Å². The van der Waals surface area contributed by atoms with Crippen LogP contribution in [0.2, 0.25) is 5.02 Å². The molecular formula is C10H9ClN2O. The number of nitrogen functional groups attached to an aromatic ring is 1. The first-order valence-corrected chi connectivity index (χ1v) is 4.54. The average Bonchev–Trinajstić information content (AvgIpc) is 2.50. The second-order valence-corrected chi connectivity index (χ2v) is 3.47. The van der Waals surface area contributed by atoms with E-state index in [1.807, 2.05) is 19.1 Å². The lowest BCUT2D eigenvalue weighted by atomic mass is 10.1. The quantitative estimate of drug-likeness (QED) is 0.784. The fourth-order valence-corrected chi connectivity index (χ4v) is 1.34. The minimum absolute atomic E-state index is 0.426. The van der Waals surface area contributed by atoms with Crippen molar-refractivity contribution >= 4 is 17.4 Å². The van der Waals surface area contributed by atoms with Gasteiger partial charge >= 0.3 is 0 Å². The van der Waals surface area contributed by atoms with Crippen LogP contribution >= 0.6 is 11.6 Å². The van der Waals surface area contributed by atoms with Crippen LogP contribution in [0.15, 0.2) is 28.8 Å². The third-order valence-corrected chi connectivity index (χ3v) is 2.32. The number of aromatic nitrogens is 1. The molecule has 14 heavy (non-hydrogen) atoms. The van der Waals surface area contributed by atoms with Gasteiger partial charge in [0.2, 0.25) is 0 Å². The number of rotatable bonds is 1. The highest BCUT2D eigenvalue weighted by atomic mass is 35.5. The Morgan fingerprint density at radius 3 is 2.43 bits per heavy atom. The highest BCUT2D eigenvalue weighted by Crippen LogP contribution is 2.27. The molecule has 3 nitrogen and oxygen atoms in total. The molecule has 0 atom stereocenters. The lowest BCUT2D eigenvalue weighted by molar-refractivity contribution is 0.435. The Morgan fingerprint density at radius 2 is 1.93 bits per heavy atom. The van der Waals surface area contributed by atoms with Gasteiger partial charge in [-0.15, -0.1) is 0 Å². The fraction of sp³-hybridized carbons (Fsp3) is 0.100. The standard InChI is InChI=1S/C10H9ClN2O/c1-6-9(14-13-10(6)12)7-2-4-8(11)5-3-7/h2-5H,1H3,(H2,12,13). The molecule has 4 heteroatoms. The van der Waals surface area contributed by atoms with Gasteiger partial charge in [-0.25, -0.2) is 0 Å². The Balaban J connectivity index is 2.49. The summed E-state index contributed by atoms with van der Waals surface area (Å²) in [6, 6.07) is 7.34. The molecule has 2 rings (SSSR count). The summed E-state index contributed by atoms with van der Waals surface area (Å²) in [5.41, 5.74) is 7.36. The van der Waals surface area contributed by atoms with Crippen molar-refractivity contribution in [3.8, 4) is 11.3 Å². The summed E-state index contributed by atoms with van der Waals surface area (Å²) in [5.74, 6) is 1.12. The summed E-state index contributed by atoms with van der Waals surface area (Å²) in [7, 11) is 0. The fourth-order valence-electron chi connectivity index (χ4n) is 1.22. The van der Waals surface area contributed by atoms with E-state index in [2.05, 4.69) is 5.16 Å². The maximum absolute atomic E-state index is 5.77. The van der Waals surface area contributed by atoms with Crippen LogP contribution in [0.5, 0.6) is 0 Å². The molecule has 0 bridgehead atoms. The molecule has 2 N–H and O–H groups in total. The molecule has 0 aliphatic rings. The van der Waals surface area contributed by atoms with Gasteiger partial charge in [-0.2, -0.15) is 0 Å². The lowest BCUT2D eigenvalue weighted by Gasteiger charge is -1.96. The molecule has 0 aliphatic heterocycles.